The number of carbonyl (C=O) groups excluding carboxylic acids is 2. The molecule has 2 amide bonds. The van der Waals surface area contributed by atoms with Crippen LogP contribution in [0.3, 0.4) is 0 Å². The van der Waals surface area contributed by atoms with Gasteiger partial charge in [-0.25, -0.2) is 0 Å². The highest BCUT2D eigenvalue weighted by molar-refractivity contribution is 6.31. The Labute approximate surface area is 153 Å². The predicted molar refractivity (Wildman–Crippen MR) is 102 cm³/mol. The molecule has 0 atom stereocenters. The molecule has 4 nitrogen and oxygen atoms in total. The van der Waals surface area contributed by atoms with E-state index in [2.05, 4.69) is 5.32 Å². The maximum absolute atomic E-state index is 12.3. The summed E-state index contributed by atoms with van der Waals surface area (Å²) in [6, 6.07) is 15.2. The third-order valence-corrected chi connectivity index (χ3v) is 4.41. The number of carbonyl (C=O) groups is 2. The Morgan fingerprint density at radius 3 is 2.32 bits per heavy atom. The Hall–Kier alpha value is -2.33. The zero-order valence-corrected chi connectivity index (χ0v) is 15.3. The summed E-state index contributed by atoms with van der Waals surface area (Å²) in [5.74, 6) is -0.187. The van der Waals surface area contributed by atoms with Crippen molar-refractivity contribution in [3.05, 3.63) is 64.7 Å². The highest BCUT2D eigenvalue weighted by atomic mass is 35.5. The molecular formula is C20H23ClN2O2. The summed E-state index contributed by atoms with van der Waals surface area (Å²) in [6.45, 7) is 4.29. The van der Waals surface area contributed by atoms with Gasteiger partial charge in [0.05, 0.1) is 0 Å². The van der Waals surface area contributed by atoms with Crippen LogP contribution in [0.4, 0.5) is 5.69 Å². The lowest BCUT2D eigenvalue weighted by atomic mass is 10.1. The van der Waals surface area contributed by atoms with E-state index in [1.54, 1.807) is 11.0 Å². The first-order valence-corrected chi connectivity index (χ1v) is 8.75. The molecule has 2 aromatic rings. The van der Waals surface area contributed by atoms with Gasteiger partial charge in [0.1, 0.15) is 0 Å². The number of para-hydroxylation sites is 1. The number of hydrogen-bond acceptors (Lipinski definition) is 2. The van der Waals surface area contributed by atoms with Crippen molar-refractivity contribution in [2.75, 3.05) is 11.9 Å². The fraction of sp³-hybridized carbons (Fsp3) is 0.300. The lowest BCUT2D eigenvalue weighted by Gasteiger charge is -2.21. The Morgan fingerprint density at radius 2 is 1.68 bits per heavy atom. The molecule has 0 heterocycles. The van der Waals surface area contributed by atoms with Crippen LogP contribution in [0.2, 0.25) is 5.02 Å². The third kappa shape index (κ3) is 5.61. The third-order valence-electron chi connectivity index (χ3n) is 4.05. The molecule has 0 spiro atoms. The van der Waals surface area contributed by atoms with Crippen LogP contribution >= 0.6 is 11.6 Å². The number of nitrogens with zero attached hydrogens (tertiary/aromatic N) is 1. The minimum atomic E-state index is -0.105. The molecule has 0 fully saturated rings. The second-order valence-electron chi connectivity index (χ2n) is 5.84. The van der Waals surface area contributed by atoms with Gasteiger partial charge < -0.3 is 10.2 Å². The first kappa shape index (κ1) is 19.0. The average Bonchev–Trinajstić information content (AvgIpc) is 2.60. The molecule has 1 N–H and O–H groups in total. The first-order valence-electron chi connectivity index (χ1n) is 8.38. The van der Waals surface area contributed by atoms with E-state index < -0.39 is 0 Å². The van der Waals surface area contributed by atoms with Crippen LogP contribution in [0.25, 0.3) is 0 Å². The summed E-state index contributed by atoms with van der Waals surface area (Å²) in [6.07, 6.45) is 1.09. The van der Waals surface area contributed by atoms with Crippen molar-refractivity contribution in [3.8, 4) is 0 Å². The maximum Gasteiger partial charge on any atom is 0.226 e. The van der Waals surface area contributed by atoms with Gasteiger partial charge >= 0.3 is 0 Å². The highest BCUT2D eigenvalue weighted by Crippen LogP contribution is 2.18. The minimum absolute atomic E-state index is 0.0818. The van der Waals surface area contributed by atoms with Crippen LogP contribution in [0.15, 0.2) is 48.5 Å². The topological polar surface area (TPSA) is 49.4 Å². The van der Waals surface area contributed by atoms with Crippen molar-refractivity contribution < 1.29 is 9.59 Å². The van der Waals surface area contributed by atoms with Gasteiger partial charge in [0.2, 0.25) is 11.8 Å². The molecular weight excluding hydrogens is 336 g/mol. The smallest absolute Gasteiger partial charge is 0.226 e. The number of rotatable bonds is 7. The van der Waals surface area contributed by atoms with Crippen LogP contribution < -0.4 is 5.32 Å². The molecule has 0 radical (unpaired) electrons. The quantitative estimate of drug-likeness (QED) is 0.803. The van der Waals surface area contributed by atoms with E-state index in [9.17, 15) is 9.59 Å². The number of hydrogen-bond donors (Lipinski definition) is 1. The molecule has 0 bridgehead atoms. The molecule has 0 saturated carbocycles. The average molecular weight is 359 g/mol. The molecule has 0 unspecified atom stereocenters. The largest absolute Gasteiger partial charge is 0.338 e. The minimum Gasteiger partial charge on any atom is -0.338 e. The molecule has 0 aliphatic heterocycles. The van der Waals surface area contributed by atoms with Crippen LogP contribution in [0, 0.1) is 0 Å². The molecule has 132 valence electrons. The second kappa shape index (κ2) is 9.23. The van der Waals surface area contributed by atoms with E-state index in [0.29, 0.717) is 18.1 Å². The van der Waals surface area contributed by atoms with Crippen LogP contribution in [0.5, 0.6) is 0 Å². The van der Waals surface area contributed by atoms with Gasteiger partial charge in [-0.15, -0.1) is 0 Å². The van der Waals surface area contributed by atoms with E-state index in [4.69, 9.17) is 11.6 Å². The standard InChI is InChI=1S/C20H23ClN2O2/c1-3-16-8-5-7-11-19(16)22-20(25)12-13-23(15(2)24)14-17-9-4-6-10-18(17)21/h4-11H,3,12-14H2,1-2H3,(H,22,25). The van der Waals surface area contributed by atoms with Gasteiger partial charge in [-0.05, 0) is 29.7 Å². The highest BCUT2D eigenvalue weighted by Gasteiger charge is 2.14. The van der Waals surface area contributed by atoms with Crippen molar-refractivity contribution in [1.29, 1.82) is 0 Å². The molecule has 0 aliphatic rings. The van der Waals surface area contributed by atoms with Gasteiger partial charge in [-0.2, -0.15) is 0 Å². The Balaban J connectivity index is 1.95. The summed E-state index contributed by atoms with van der Waals surface area (Å²) in [4.78, 5) is 25.8. The monoisotopic (exact) mass is 358 g/mol. The van der Waals surface area contributed by atoms with Crippen molar-refractivity contribution in [1.82, 2.24) is 4.90 Å². The van der Waals surface area contributed by atoms with E-state index >= 15 is 0 Å². The van der Waals surface area contributed by atoms with Crippen molar-refractivity contribution >= 4 is 29.1 Å². The molecule has 2 rings (SSSR count). The Morgan fingerprint density at radius 1 is 1.04 bits per heavy atom. The number of anilines is 1. The van der Waals surface area contributed by atoms with Crippen LogP contribution in [-0.4, -0.2) is 23.3 Å². The van der Waals surface area contributed by atoms with Crippen molar-refractivity contribution in [2.45, 2.75) is 33.2 Å². The van der Waals surface area contributed by atoms with Crippen molar-refractivity contribution in [2.24, 2.45) is 0 Å². The molecule has 0 saturated heterocycles. The summed E-state index contributed by atoms with van der Waals surface area (Å²) >= 11 is 6.16. The lowest BCUT2D eigenvalue weighted by molar-refractivity contribution is -0.129. The van der Waals surface area contributed by atoms with E-state index in [-0.39, 0.29) is 18.2 Å². The number of aryl methyl sites for hydroxylation is 1. The molecule has 0 aliphatic carbocycles. The van der Waals surface area contributed by atoms with Gasteiger partial charge in [-0.1, -0.05) is 54.9 Å². The van der Waals surface area contributed by atoms with Gasteiger partial charge in [0.25, 0.3) is 0 Å². The van der Waals surface area contributed by atoms with Crippen LogP contribution in [-0.2, 0) is 22.6 Å². The normalized spacial score (nSPS) is 10.4. The number of halogens is 1. The zero-order valence-electron chi connectivity index (χ0n) is 14.6. The Bertz CT molecular complexity index is 746. The Kier molecular flexibility index (Phi) is 7.02. The van der Waals surface area contributed by atoms with Gasteiger partial charge in [0.15, 0.2) is 0 Å². The predicted octanol–water partition coefficient (Wildman–Crippen LogP) is 4.28. The van der Waals surface area contributed by atoms with Gasteiger partial charge in [-0.3, -0.25) is 9.59 Å². The number of benzene rings is 2. The molecule has 25 heavy (non-hydrogen) atoms. The van der Waals surface area contributed by atoms with E-state index in [1.165, 1.54) is 6.92 Å². The number of amides is 2. The summed E-state index contributed by atoms with van der Waals surface area (Å²) in [5.41, 5.74) is 2.79. The molecule has 2 aromatic carbocycles. The summed E-state index contributed by atoms with van der Waals surface area (Å²) in [7, 11) is 0. The fourth-order valence-electron chi connectivity index (χ4n) is 2.58. The maximum atomic E-state index is 12.3. The molecule has 5 heteroatoms. The number of nitrogens with one attached hydrogen (secondary N) is 1. The van der Waals surface area contributed by atoms with Gasteiger partial charge in [0, 0.05) is 37.1 Å². The fourth-order valence-corrected chi connectivity index (χ4v) is 2.78. The molecule has 0 aromatic heterocycles. The lowest BCUT2D eigenvalue weighted by Crippen LogP contribution is -2.31. The second-order valence-corrected chi connectivity index (χ2v) is 6.25. The van der Waals surface area contributed by atoms with E-state index in [0.717, 1.165) is 23.2 Å². The summed E-state index contributed by atoms with van der Waals surface area (Å²) < 4.78 is 0. The van der Waals surface area contributed by atoms with Crippen LogP contribution in [0.1, 0.15) is 31.4 Å². The van der Waals surface area contributed by atoms with E-state index in [1.807, 2.05) is 49.4 Å². The summed E-state index contributed by atoms with van der Waals surface area (Å²) in [5, 5.41) is 3.55. The first-order chi connectivity index (χ1) is 12.0. The SMILES string of the molecule is CCc1ccccc1NC(=O)CCN(Cc1ccccc1Cl)C(C)=O. The van der Waals surface area contributed by atoms with Crippen molar-refractivity contribution in [3.63, 3.8) is 0 Å². The zero-order chi connectivity index (χ0) is 18.2.